The van der Waals surface area contributed by atoms with Crippen LogP contribution in [-0.4, -0.2) is 14.4 Å². The molecule has 8 heteroatoms. The summed E-state index contributed by atoms with van der Waals surface area (Å²) in [6, 6.07) is 6.92. The van der Waals surface area contributed by atoms with Gasteiger partial charge in [-0.3, -0.25) is 0 Å². The van der Waals surface area contributed by atoms with E-state index in [4.69, 9.17) is 4.42 Å². The summed E-state index contributed by atoms with van der Waals surface area (Å²) < 4.78 is 31.6. The maximum atomic E-state index is 12.0. The summed E-state index contributed by atoms with van der Waals surface area (Å²) in [6.07, 6.45) is 1.43. The van der Waals surface area contributed by atoms with E-state index in [1.807, 2.05) is 0 Å². The summed E-state index contributed by atoms with van der Waals surface area (Å²) in [5, 5.41) is 10.9. The zero-order chi connectivity index (χ0) is 14.8. The number of furan rings is 1. The summed E-state index contributed by atoms with van der Waals surface area (Å²) >= 11 is 3.02. The molecule has 0 aliphatic heterocycles. The molecule has 1 aromatic carbocycles. The molecule has 0 radical (unpaired) electrons. The molecule has 0 atom stereocenters. The van der Waals surface area contributed by atoms with Crippen molar-refractivity contribution in [2.24, 2.45) is 0 Å². The molecule has 20 heavy (non-hydrogen) atoms. The van der Waals surface area contributed by atoms with Crippen LogP contribution in [0, 0.1) is 0 Å². The molecule has 6 nitrogen and oxygen atoms in total. The van der Waals surface area contributed by atoms with Gasteiger partial charge in [0.2, 0.25) is 10.0 Å². The van der Waals surface area contributed by atoms with Gasteiger partial charge in [0, 0.05) is 10.0 Å². The van der Waals surface area contributed by atoms with Gasteiger partial charge in [-0.1, -0.05) is 15.9 Å². The van der Waals surface area contributed by atoms with Gasteiger partial charge in [-0.2, -0.15) is 0 Å². The Morgan fingerprint density at radius 1 is 1.35 bits per heavy atom. The van der Waals surface area contributed by atoms with Crippen LogP contribution in [-0.2, 0) is 16.6 Å². The van der Waals surface area contributed by atoms with Crippen molar-refractivity contribution in [3.63, 3.8) is 0 Å². The van der Waals surface area contributed by atoms with Gasteiger partial charge < -0.3 is 14.3 Å². The fourth-order valence-electron chi connectivity index (χ4n) is 1.49. The lowest BCUT2D eigenvalue weighted by atomic mass is 10.2. The molecule has 0 unspecified atom stereocenters. The Hall–Kier alpha value is -1.64. The lowest BCUT2D eigenvalue weighted by Gasteiger charge is -2.10. The third-order valence-corrected chi connectivity index (χ3v) is 4.57. The van der Waals surface area contributed by atoms with Crippen molar-refractivity contribution < 1.29 is 22.7 Å². The number of sulfonamides is 1. The van der Waals surface area contributed by atoms with Crippen LogP contribution in [0.15, 0.2) is 50.4 Å². The molecule has 2 rings (SSSR count). The zero-order valence-electron chi connectivity index (χ0n) is 10.00. The van der Waals surface area contributed by atoms with Gasteiger partial charge in [-0.05, 0) is 30.3 Å². The molecular weight excluding hydrogens is 350 g/mol. The van der Waals surface area contributed by atoms with Gasteiger partial charge in [0.05, 0.1) is 23.7 Å². The number of carbonyl (C=O) groups is 1. The van der Waals surface area contributed by atoms with Crippen LogP contribution in [0.3, 0.4) is 0 Å². The van der Waals surface area contributed by atoms with Crippen molar-refractivity contribution in [2.75, 3.05) is 0 Å². The molecule has 0 amide bonds. The number of aromatic carboxylic acids is 1. The average Bonchev–Trinajstić information content (AvgIpc) is 2.89. The van der Waals surface area contributed by atoms with Crippen LogP contribution in [0.25, 0.3) is 0 Å². The molecule has 0 aliphatic carbocycles. The molecule has 1 N–H and O–H groups in total. The minimum Gasteiger partial charge on any atom is -0.545 e. The number of benzene rings is 1. The van der Waals surface area contributed by atoms with Crippen LogP contribution in [0.2, 0.25) is 0 Å². The number of hydrogen-bond acceptors (Lipinski definition) is 5. The first-order chi connectivity index (χ1) is 9.40. The summed E-state index contributed by atoms with van der Waals surface area (Å²) in [6.45, 7) is -0.0218. The minimum absolute atomic E-state index is 0.0218. The third-order valence-electron chi connectivity index (χ3n) is 2.48. The van der Waals surface area contributed by atoms with E-state index in [1.165, 1.54) is 18.4 Å². The number of carboxylic acid groups (broad SMARTS) is 1. The smallest absolute Gasteiger partial charge is 0.240 e. The highest BCUT2D eigenvalue weighted by molar-refractivity contribution is 9.10. The molecule has 106 valence electrons. The number of carbonyl (C=O) groups excluding carboxylic acids is 1. The van der Waals surface area contributed by atoms with Gasteiger partial charge in [-0.15, -0.1) is 0 Å². The Balaban J connectivity index is 2.25. The highest BCUT2D eigenvalue weighted by Gasteiger charge is 2.16. The van der Waals surface area contributed by atoms with Crippen LogP contribution in [0.4, 0.5) is 0 Å². The molecule has 0 aliphatic rings. The second kappa shape index (κ2) is 5.78. The van der Waals surface area contributed by atoms with Gasteiger partial charge >= 0.3 is 0 Å². The highest BCUT2D eigenvalue weighted by atomic mass is 79.9. The number of nitrogens with one attached hydrogen (secondary N) is 1. The Morgan fingerprint density at radius 2 is 2.10 bits per heavy atom. The molecule has 0 saturated heterocycles. The number of hydrogen-bond donors (Lipinski definition) is 1. The average molecular weight is 359 g/mol. The standard InChI is InChI=1S/C12H10BrNO5S/c13-11-4-3-9(6-10(11)12(15)16)20(17,18)14-7-8-2-1-5-19-8/h1-6,14H,7H2,(H,15,16)/p-1. The minimum atomic E-state index is -3.83. The second-order valence-electron chi connectivity index (χ2n) is 3.83. The fraction of sp³-hybridized carbons (Fsp3) is 0.0833. The van der Waals surface area contributed by atoms with E-state index < -0.39 is 16.0 Å². The normalized spacial score (nSPS) is 11.4. The van der Waals surface area contributed by atoms with Crippen LogP contribution in [0.1, 0.15) is 16.1 Å². The van der Waals surface area contributed by atoms with Gasteiger partial charge in [-0.25, -0.2) is 13.1 Å². The van der Waals surface area contributed by atoms with Crippen molar-refractivity contribution in [1.82, 2.24) is 4.72 Å². The zero-order valence-corrected chi connectivity index (χ0v) is 12.4. The first kappa shape index (κ1) is 14.8. The van der Waals surface area contributed by atoms with Crippen molar-refractivity contribution in [3.05, 3.63) is 52.4 Å². The van der Waals surface area contributed by atoms with E-state index >= 15 is 0 Å². The van der Waals surface area contributed by atoms with Crippen LogP contribution in [0.5, 0.6) is 0 Å². The molecule has 2 aromatic rings. The molecule has 0 spiro atoms. The first-order valence-corrected chi connectivity index (χ1v) is 7.71. The lowest BCUT2D eigenvalue weighted by Crippen LogP contribution is -2.25. The van der Waals surface area contributed by atoms with Crippen molar-refractivity contribution in [2.45, 2.75) is 11.4 Å². The Morgan fingerprint density at radius 3 is 2.70 bits per heavy atom. The van der Waals surface area contributed by atoms with Crippen molar-refractivity contribution in [3.8, 4) is 0 Å². The van der Waals surface area contributed by atoms with E-state index in [-0.39, 0.29) is 21.5 Å². The molecule has 0 bridgehead atoms. The second-order valence-corrected chi connectivity index (χ2v) is 6.45. The molecular formula is C12H9BrNO5S-. The Kier molecular flexibility index (Phi) is 4.26. The monoisotopic (exact) mass is 358 g/mol. The van der Waals surface area contributed by atoms with E-state index in [2.05, 4.69) is 20.7 Å². The van der Waals surface area contributed by atoms with Crippen molar-refractivity contribution >= 4 is 31.9 Å². The fourth-order valence-corrected chi connectivity index (χ4v) is 2.92. The predicted molar refractivity (Wildman–Crippen MR) is 71.2 cm³/mol. The van der Waals surface area contributed by atoms with E-state index in [9.17, 15) is 18.3 Å². The predicted octanol–water partition coefficient (Wildman–Crippen LogP) is 0.884. The first-order valence-electron chi connectivity index (χ1n) is 5.43. The van der Waals surface area contributed by atoms with Crippen LogP contribution < -0.4 is 9.83 Å². The third kappa shape index (κ3) is 3.27. The number of carboxylic acids is 1. The summed E-state index contributed by atoms with van der Waals surface area (Å²) in [4.78, 5) is 10.7. The molecule has 1 heterocycles. The summed E-state index contributed by atoms with van der Waals surface area (Å²) in [5.74, 6) is -1.01. The van der Waals surface area contributed by atoms with E-state index in [1.54, 1.807) is 12.1 Å². The Bertz CT molecular complexity index is 724. The largest absolute Gasteiger partial charge is 0.545 e. The maximum absolute atomic E-state index is 12.0. The molecule has 0 saturated carbocycles. The van der Waals surface area contributed by atoms with Crippen molar-refractivity contribution in [1.29, 1.82) is 0 Å². The van der Waals surface area contributed by atoms with Gasteiger partial charge in [0.15, 0.2) is 0 Å². The summed E-state index contributed by atoms with van der Waals surface area (Å²) in [7, 11) is -3.83. The SMILES string of the molecule is O=C([O-])c1cc(S(=O)(=O)NCc2ccco2)ccc1Br. The molecule has 0 fully saturated rings. The quantitative estimate of drug-likeness (QED) is 0.855. The highest BCUT2D eigenvalue weighted by Crippen LogP contribution is 2.20. The van der Waals surface area contributed by atoms with E-state index in [0.29, 0.717) is 5.76 Å². The summed E-state index contributed by atoms with van der Waals surface area (Å²) in [5.41, 5.74) is -0.231. The van der Waals surface area contributed by atoms with Gasteiger partial charge in [0.25, 0.3) is 0 Å². The van der Waals surface area contributed by atoms with Crippen LogP contribution >= 0.6 is 15.9 Å². The molecule has 1 aromatic heterocycles. The number of rotatable bonds is 5. The van der Waals surface area contributed by atoms with Gasteiger partial charge in [0.1, 0.15) is 5.76 Å². The van der Waals surface area contributed by atoms with E-state index in [0.717, 1.165) is 6.07 Å². The maximum Gasteiger partial charge on any atom is 0.240 e. The Labute approximate surface area is 123 Å². The number of halogens is 1. The lowest BCUT2D eigenvalue weighted by molar-refractivity contribution is -0.255. The topological polar surface area (TPSA) is 99.4 Å².